The molecule has 0 spiro atoms. The molecule has 0 atom stereocenters. The fraction of sp³-hybridized carbons (Fsp3) is 0.353. The van der Waals surface area contributed by atoms with E-state index in [0.29, 0.717) is 5.92 Å². The third kappa shape index (κ3) is 3.50. The van der Waals surface area contributed by atoms with Crippen LogP contribution in [0.1, 0.15) is 37.8 Å². The maximum Gasteiger partial charge on any atom is 0.132 e. The summed E-state index contributed by atoms with van der Waals surface area (Å²) in [5, 5.41) is 3.19. The standard InChI is InChI=1S/C17H22N2O/c1-5-18-17-11-14(8-9-19-17)20-16-10-13(4)6-7-15(16)12(2)3/h6-12H,5H2,1-4H3,(H,18,19). The average Bonchev–Trinajstić information content (AvgIpc) is 2.39. The molecule has 1 aromatic heterocycles. The van der Waals surface area contributed by atoms with E-state index in [1.165, 1.54) is 11.1 Å². The zero-order valence-corrected chi connectivity index (χ0v) is 12.6. The minimum Gasteiger partial charge on any atom is -0.457 e. The molecule has 2 rings (SSSR count). The van der Waals surface area contributed by atoms with Crippen LogP contribution in [0.25, 0.3) is 0 Å². The van der Waals surface area contributed by atoms with Gasteiger partial charge in [0.05, 0.1) is 0 Å². The van der Waals surface area contributed by atoms with Gasteiger partial charge in [0.2, 0.25) is 0 Å². The van der Waals surface area contributed by atoms with Crippen molar-refractivity contribution in [2.45, 2.75) is 33.6 Å². The van der Waals surface area contributed by atoms with Crippen molar-refractivity contribution in [1.29, 1.82) is 0 Å². The Kier molecular flexibility index (Phi) is 4.61. The first-order chi connectivity index (χ1) is 9.60. The van der Waals surface area contributed by atoms with Crippen molar-refractivity contribution in [2.24, 2.45) is 0 Å². The second kappa shape index (κ2) is 6.42. The van der Waals surface area contributed by atoms with Crippen LogP contribution in [0.15, 0.2) is 36.5 Å². The molecule has 0 amide bonds. The number of pyridine rings is 1. The molecule has 3 nitrogen and oxygen atoms in total. The quantitative estimate of drug-likeness (QED) is 0.852. The second-order valence-corrected chi connectivity index (χ2v) is 5.21. The lowest BCUT2D eigenvalue weighted by atomic mass is 10.0. The molecule has 3 heteroatoms. The predicted octanol–water partition coefficient (Wildman–Crippen LogP) is 4.74. The van der Waals surface area contributed by atoms with Crippen molar-refractivity contribution < 1.29 is 4.74 Å². The summed E-state index contributed by atoms with van der Waals surface area (Å²) in [7, 11) is 0. The molecule has 0 unspecified atom stereocenters. The van der Waals surface area contributed by atoms with Crippen LogP contribution in [0.4, 0.5) is 5.82 Å². The van der Waals surface area contributed by atoms with Gasteiger partial charge >= 0.3 is 0 Å². The Labute approximate surface area is 121 Å². The monoisotopic (exact) mass is 270 g/mol. The van der Waals surface area contributed by atoms with E-state index in [4.69, 9.17) is 4.74 Å². The maximum absolute atomic E-state index is 6.06. The summed E-state index contributed by atoms with van der Waals surface area (Å²) in [6.45, 7) is 9.32. The first kappa shape index (κ1) is 14.4. The van der Waals surface area contributed by atoms with E-state index in [9.17, 15) is 0 Å². The minimum atomic E-state index is 0.431. The number of anilines is 1. The zero-order chi connectivity index (χ0) is 14.5. The van der Waals surface area contributed by atoms with Gasteiger partial charge in [0.15, 0.2) is 0 Å². The number of nitrogens with one attached hydrogen (secondary N) is 1. The second-order valence-electron chi connectivity index (χ2n) is 5.21. The molecule has 1 aromatic carbocycles. The lowest BCUT2D eigenvalue weighted by Gasteiger charge is -2.15. The third-order valence-electron chi connectivity index (χ3n) is 3.11. The molecular formula is C17H22N2O. The van der Waals surface area contributed by atoms with E-state index in [1.807, 2.05) is 19.1 Å². The average molecular weight is 270 g/mol. The van der Waals surface area contributed by atoms with Crippen molar-refractivity contribution in [3.8, 4) is 11.5 Å². The smallest absolute Gasteiger partial charge is 0.132 e. The van der Waals surface area contributed by atoms with Crippen LogP contribution in [0.2, 0.25) is 0 Å². The van der Waals surface area contributed by atoms with Gasteiger partial charge in [-0.25, -0.2) is 4.98 Å². The van der Waals surface area contributed by atoms with Gasteiger partial charge in [-0.1, -0.05) is 26.0 Å². The van der Waals surface area contributed by atoms with Gasteiger partial charge in [-0.2, -0.15) is 0 Å². The van der Waals surface area contributed by atoms with Crippen LogP contribution in [-0.2, 0) is 0 Å². The highest BCUT2D eigenvalue weighted by Crippen LogP contribution is 2.31. The number of ether oxygens (including phenoxy) is 1. The zero-order valence-electron chi connectivity index (χ0n) is 12.6. The molecule has 20 heavy (non-hydrogen) atoms. The Morgan fingerprint density at radius 3 is 2.70 bits per heavy atom. The first-order valence-electron chi connectivity index (χ1n) is 7.08. The van der Waals surface area contributed by atoms with E-state index >= 15 is 0 Å². The van der Waals surface area contributed by atoms with Crippen LogP contribution < -0.4 is 10.1 Å². The molecule has 0 saturated heterocycles. The molecule has 0 bridgehead atoms. The summed E-state index contributed by atoms with van der Waals surface area (Å²) >= 11 is 0. The molecule has 0 aliphatic rings. The number of hydrogen-bond donors (Lipinski definition) is 1. The van der Waals surface area contributed by atoms with Gasteiger partial charge in [0.25, 0.3) is 0 Å². The van der Waals surface area contributed by atoms with Gasteiger partial charge in [-0.15, -0.1) is 0 Å². The third-order valence-corrected chi connectivity index (χ3v) is 3.11. The summed E-state index contributed by atoms with van der Waals surface area (Å²) in [6.07, 6.45) is 1.76. The highest BCUT2D eigenvalue weighted by Gasteiger charge is 2.09. The van der Waals surface area contributed by atoms with E-state index in [-0.39, 0.29) is 0 Å². The molecule has 1 heterocycles. The summed E-state index contributed by atoms with van der Waals surface area (Å²) < 4.78 is 6.06. The van der Waals surface area contributed by atoms with Gasteiger partial charge in [0, 0.05) is 18.8 Å². The van der Waals surface area contributed by atoms with Crippen molar-refractivity contribution in [3.05, 3.63) is 47.7 Å². The molecule has 0 fully saturated rings. The molecule has 0 radical (unpaired) electrons. The largest absolute Gasteiger partial charge is 0.457 e. The number of rotatable bonds is 5. The fourth-order valence-corrected chi connectivity index (χ4v) is 2.09. The van der Waals surface area contributed by atoms with Crippen molar-refractivity contribution >= 4 is 5.82 Å². The van der Waals surface area contributed by atoms with E-state index in [0.717, 1.165) is 23.9 Å². The van der Waals surface area contributed by atoms with Crippen molar-refractivity contribution in [2.75, 3.05) is 11.9 Å². The SMILES string of the molecule is CCNc1cc(Oc2cc(C)ccc2C(C)C)ccn1. The van der Waals surface area contributed by atoms with Crippen LogP contribution in [0.5, 0.6) is 11.5 Å². The molecule has 2 aromatic rings. The van der Waals surface area contributed by atoms with Crippen LogP contribution in [0, 0.1) is 6.92 Å². The van der Waals surface area contributed by atoms with E-state index in [1.54, 1.807) is 6.20 Å². The number of aromatic nitrogens is 1. The summed E-state index contributed by atoms with van der Waals surface area (Å²) in [4.78, 5) is 4.25. The maximum atomic E-state index is 6.06. The summed E-state index contributed by atoms with van der Waals surface area (Å²) in [5.41, 5.74) is 2.42. The van der Waals surface area contributed by atoms with Crippen molar-refractivity contribution in [1.82, 2.24) is 4.98 Å². The Balaban J connectivity index is 2.29. The van der Waals surface area contributed by atoms with Crippen LogP contribution in [-0.4, -0.2) is 11.5 Å². The van der Waals surface area contributed by atoms with Gasteiger partial charge < -0.3 is 10.1 Å². The Bertz CT molecular complexity index is 579. The number of benzene rings is 1. The lowest BCUT2D eigenvalue weighted by molar-refractivity contribution is 0.472. The van der Waals surface area contributed by atoms with Gasteiger partial charge in [-0.3, -0.25) is 0 Å². The molecular weight excluding hydrogens is 248 g/mol. The number of hydrogen-bond acceptors (Lipinski definition) is 3. The van der Waals surface area contributed by atoms with Crippen molar-refractivity contribution in [3.63, 3.8) is 0 Å². The highest BCUT2D eigenvalue weighted by molar-refractivity contribution is 5.45. The van der Waals surface area contributed by atoms with Gasteiger partial charge in [-0.05, 0) is 43.0 Å². The highest BCUT2D eigenvalue weighted by atomic mass is 16.5. The molecule has 106 valence electrons. The topological polar surface area (TPSA) is 34.1 Å². The van der Waals surface area contributed by atoms with Crippen LogP contribution >= 0.6 is 0 Å². The number of nitrogens with zero attached hydrogens (tertiary/aromatic N) is 1. The lowest BCUT2D eigenvalue weighted by Crippen LogP contribution is -1.99. The minimum absolute atomic E-state index is 0.431. The van der Waals surface area contributed by atoms with Gasteiger partial charge in [0.1, 0.15) is 17.3 Å². The summed E-state index contributed by atoms with van der Waals surface area (Å²) in [5.74, 6) is 3.00. The summed E-state index contributed by atoms with van der Waals surface area (Å²) in [6, 6.07) is 10.2. The van der Waals surface area contributed by atoms with Crippen LogP contribution in [0.3, 0.4) is 0 Å². The molecule has 0 saturated carbocycles. The first-order valence-corrected chi connectivity index (χ1v) is 7.08. The molecule has 1 N–H and O–H groups in total. The Morgan fingerprint density at radius 1 is 1.20 bits per heavy atom. The normalized spacial score (nSPS) is 10.7. The van der Waals surface area contributed by atoms with E-state index < -0.39 is 0 Å². The Morgan fingerprint density at radius 2 is 2.00 bits per heavy atom. The molecule has 0 aliphatic carbocycles. The predicted molar refractivity (Wildman–Crippen MR) is 83.7 cm³/mol. The molecule has 0 aliphatic heterocycles. The van der Waals surface area contributed by atoms with E-state index in [2.05, 4.69) is 49.3 Å². The number of aryl methyl sites for hydroxylation is 1. The Hall–Kier alpha value is -2.03. The fourth-order valence-electron chi connectivity index (χ4n) is 2.09.